The minimum atomic E-state index is -0.0606. The van der Waals surface area contributed by atoms with Gasteiger partial charge in [0.05, 0.1) is 18.6 Å². The lowest BCUT2D eigenvalue weighted by atomic mass is 10.1. The molecule has 0 aliphatic carbocycles. The summed E-state index contributed by atoms with van der Waals surface area (Å²) < 4.78 is 11.2. The maximum atomic E-state index is 6.39. The minimum absolute atomic E-state index is 0.0606. The molecule has 1 aromatic rings. The second-order valence-corrected chi connectivity index (χ2v) is 5.41. The van der Waals surface area contributed by atoms with Crippen LogP contribution in [0.1, 0.15) is 43.5 Å². The highest BCUT2D eigenvalue weighted by Gasteiger charge is 2.18. The van der Waals surface area contributed by atoms with E-state index < -0.39 is 0 Å². The van der Waals surface area contributed by atoms with Gasteiger partial charge in [-0.15, -0.1) is 11.6 Å². The second kappa shape index (κ2) is 6.53. The molecule has 0 amide bonds. The van der Waals surface area contributed by atoms with Crippen molar-refractivity contribution in [3.8, 4) is 11.5 Å². The maximum absolute atomic E-state index is 6.39. The molecule has 18 heavy (non-hydrogen) atoms. The number of halogens is 2. The van der Waals surface area contributed by atoms with Crippen LogP contribution in [-0.2, 0) is 0 Å². The van der Waals surface area contributed by atoms with E-state index in [4.69, 9.17) is 32.7 Å². The second-order valence-electron chi connectivity index (χ2n) is 4.48. The number of alkyl halides is 1. The first kappa shape index (κ1) is 13.8. The Morgan fingerprint density at radius 1 is 1.22 bits per heavy atom. The lowest BCUT2D eigenvalue weighted by Crippen LogP contribution is -1.97. The molecule has 1 unspecified atom stereocenters. The number of hydrogen-bond acceptors (Lipinski definition) is 2. The standard InChI is InChI=1S/C14H18Cl2O2/c1-2-3-5-11(15)10-8-13-14(9-12(10)16)18-7-4-6-17-13/h8-9,11H,2-7H2,1H3. The third-order valence-corrected chi connectivity index (χ3v) is 3.80. The van der Waals surface area contributed by atoms with Crippen LogP contribution in [0.2, 0.25) is 5.02 Å². The van der Waals surface area contributed by atoms with Crippen LogP contribution in [0.15, 0.2) is 12.1 Å². The summed E-state index contributed by atoms with van der Waals surface area (Å²) in [7, 11) is 0. The first-order chi connectivity index (χ1) is 8.72. The average molecular weight is 289 g/mol. The lowest BCUT2D eigenvalue weighted by molar-refractivity contribution is 0.297. The Bertz CT molecular complexity index is 407. The third-order valence-electron chi connectivity index (χ3n) is 3.02. The number of fused-ring (bicyclic) bond motifs is 1. The molecule has 100 valence electrons. The fraction of sp³-hybridized carbons (Fsp3) is 0.571. The molecule has 2 nitrogen and oxygen atoms in total. The highest BCUT2D eigenvalue weighted by molar-refractivity contribution is 6.33. The van der Waals surface area contributed by atoms with Crippen LogP contribution in [0.25, 0.3) is 0 Å². The number of benzene rings is 1. The first-order valence-electron chi connectivity index (χ1n) is 6.45. The summed E-state index contributed by atoms with van der Waals surface area (Å²) in [6.07, 6.45) is 4.05. The van der Waals surface area contributed by atoms with Gasteiger partial charge in [0.25, 0.3) is 0 Å². The van der Waals surface area contributed by atoms with E-state index >= 15 is 0 Å². The van der Waals surface area contributed by atoms with Crippen LogP contribution in [0, 0.1) is 0 Å². The molecule has 0 radical (unpaired) electrons. The van der Waals surface area contributed by atoms with Crippen molar-refractivity contribution in [3.63, 3.8) is 0 Å². The van der Waals surface area contributed by atoms with Gasteiger partial charge in [-0.25, -0.2) is 0 Å². The number of rotatable bonds is 4. The summed E-state index contributed by atoms with van der Waals surface area (Å²) in [6, 6.07) is 3.75. The van der Waals surface area contributed by atoms with Gasteiger partial charge in [-0.3, -0.25) is 0 Å². The van der Waals surface area contributed by atoms with Crippen molar-refractivity contribution in [1.82, 2.24) is 0 Å². The van der Waals surface area contributed by atoms with Gasteiger partial charge in [0.2, 0.25) is 0 Å². The van der Waals surface area contributed by atoms with Crippen molar-refractivity contribution in [1.29, 1.82) is 0 Å². The predicted octanol–water partition coefficient (Wildman–Crippen LogP) is 4.97. The zero-order chi connectivity index (χ0) is 13.0. The molecular formula is C14H18Cl2O2. The molecule has 0 fully saturated rings. The number of hydrogen-bond donors (Lipinski definition) is 0. The van der Waals surface area contributed by atoms with Gasteiger partial charge in [0, 0.05) is 17.5 Å². The van der Waals surface area contributed by atoms with E-state index in [2.05, 4.69) is 6.92 Å². The normalized spacial score (nSPS) is 16.2. The van der Waals surface area contributed by atoms with Crippen LogP contribution >= 0.6 is 23.2 Å². The van der Waals surface area contributed by atoms with Gasteiger partial charge < -0.3 is 9.47 Å². The highest BCUT2D eigenvalue weighted by atomic mass is 35.5. The van der Waals surface area contributed by atoms with E-state index in [0.29, 0.717) is 18.2 Å². The summed E-state index contributed by atoms with van der Waals surface area (Å²) in [5.74, 6) is 1.48. The van der Waals surface area contributed by atoms with Crippen molar-refractivity contribution >= 4 is 23.2 Å². The summed E-state index contributed by atoms with van der Waals surface area (Å²) in [5, 5.41) is 0.602. The van der Waals surface area contributed by atoms with E-state index in [-0.39, 0.29) is 5.38 Å². The highest BCUT2D eigenvalue weighted by Crippen LogP contribution is 2.40. The van der Waals surface area contributed by atoms with Crippen LogP contribution in [0.3, 0.4) is 0 Å². The molecular weight excluding hydrogens is 271 g/mol. The summed E-state index contributed by atoms with van der Waals surface area (Å²) >= 11 is 12.7. The van der Waals surface area contributed by atoms with Crippen LogP contribution in [0.5, 0.6) is 11.5 Å². The van der Waals surface area contributed by atoms with Gasteiger partial charge in [-0.1, -0.05) is 31.4 Å². The van der Waals surface area contributed by atoms with E-state index in [1.807, 2.05) is 12.1 Å². The largest absolute Gasteiger partial charge is 0.490 e. The molecule has 0 N–H and O–H groups in total. The van der Waals surface area contributed by atoms with Crippen molar-refractivity contribution in [2.45, 2.75) is 38.0 Å². The SMILES string of the molecule is CCCCC(Cl)c1cc2c(cc1Cl)OCCCO2. The lowest BCUT2D eigenvalue weighted by Gasteiger charge is -2.15. The predicted molar refractivity (Wildman–Crippen MR) is 75.2 cm³/mol. The van der Waals surface area contributed by atoms with Crippen LogP contribution in [-0.4, -0.2) is 13.2 Å². The molecule has 1 heterocycles. The van der Waals surface area contributed by atoms with Gasteiger partial charge >= 0.3 is 0 Å². The number of ether oxygens (including phenoxy) is 2. The molecule has 0 saturated heterocycles. The van der Waals surface area contributed by atoms with Gasteiger partial charge in [-0.05, 0) is 18.1 Å². The molecule has 0 spiro atoms. The van der Waals surface area contributed by atoms with Gasteiger partial charge in [-0.2, -0.15) is 0 Å². The Morgan fingerprint density at radius 3 is 2.56 bits per heavy atom. The van der Waals surface area contributed by atoms with Gasteiger partial charge in [0.15, 0.2) is 11.5 Å². The quantitative estimate of drug-likeness (QED) is 0.728. The Balaban J connectivity index is 2.23. The Labute approximate surface area is 118 Å². The Hall–Kier alpha value is -0.600. The molecule has 0 aromatic heterocycles. The maximum Gasteiger partial charge on any atom is 0.162 e. The molecule has 1 aliphatic heterocycles. The number of unbranched alkanes of at least 4 members (excludes halogenated alkanes) is 1. The van der Waals surface area contributed by atoms with Crippen molar-refractivity contribution in [2.24, 2.45) is 0 Å². The molecule has 1 aliphatic rings. The van der Waals surface area contributed by atoms with E-state index in [1.165, 1.54) is 0 Å². The molecule has 0 saturated carbocycles. The minimum Gasteiger partial charge on any atom is -0.490 e. The summed E-state index contributed by atoms with van der Waals surface area (Å²) in [5.41, 5.74) is 0.941. The van der Waals surface area contributed by atoms with Crippen LogP contribution in [0.4, 0.5) is 0 Å². The Morgan fingerprint density at radius 2 is 1.89 bits per heavy atom. The van der Waals surface area contributed by atoms with E-state index in [9.17, 15) is 0 Å². The van der Waals surface area contributed by atoms with Crippen molar-refractivity contribution < 1.29 is 9.47 Å². The fourth-order valence-electron chi connectivity index (χ4n) is 1.98. The average Bonchev–Trinajstić information content (AvgIpc) is 2.59. The fourth-order valence-corrected chi connectivity index (χ4v) is 2.65. The van der Waals surface area contributed by atoms with E-state index in [1.54, 1.807) is 0 Å². The summed E-state index contributed by atoms with van der Waals surface area (Å²) in [6.45, 7) is 3.50. The molecule has 2 rings (SSSR count). The molecule has 1 aromatic carbocycles. The third kappa shape index (κ3) is 3.24. The van der Waals surface area contributed by atoms with Crippen LogP contribution < -0.4 is 9.47 Å². The van der Waals surface area contributed by atoms with Gasteiger partial charge in [0.1, 0.15) is 0 Å². The monoisotopic (exact) mass is 288 g/mol. The van der Waals surface area contributed by atoms with Crippen molar-refractivity contribution in [3.05, 3.63) is 22.7 Å². The smallest absolute Gasteiger partial charge is 0.162 e. The van der Waals surface area contributed by atoms with E-state index in [0.717, 1.165) is 42.7 Å². The Kier molecular flexibility index (Phi) is 5.02. The molecule has 0 bridgehead atoms. The summed E-state index contributed by atoms with van der Waals surface area (Å²) in [4.78, 5) is 0. The molecule has 1 atom stereocenters. The first-order valence-corrected chi connectivity index (χ1v) is 7.27. The zero-order valence-corrected chi connectivity index (χ0v) is 12.1. The van der Waals surface area contributed by atoms with Crippen molar-refractivity contribution in [2.75, 3.05) is 13.2 Å². The zero-order valence-electron chi connectivity index (χ0n) is 10.5. The topological polar surface area (TPSA) is 18.5 Å². The molecule has 4 heteroatoms.